The third-order valence-corrected chi connectivity index (χ3v) is 5.12. The summed E-state index contributed by atoms with van der Waals surface area (Å²) in [5, 5.41) is -0.405. The molecule has 1 aromatic rings. The SMILES string of the molecule is NC(=S)[C@H]1C[C@H]1S(=O)(=O)c1ccccc1. The van der Waals surface area contributed by atoms with Gasteiger partial charge < -0.3 is 5.73 Å². The maximum absolute atomic E-state index is 12.0. The van der Waals surface area contributed by atoms with Crippen LogP contribution in [0.1, 0.15) is 6.42 Å². The van der Waals surface area contributed by atoms with Crippen molar-refractivity contribution in [2.24, 2.45) is 11.7 Å². The Hall–Kier alpha value is -0.940. The number of sulfone groups is 1. The van der Waals surface area contributed by atoms with E-state index in [1.54, 1.807) is 30.3 Å². The highest BCUT2D eigenvalue weighted by Gasteiger charge is 2.49. The molecule has 1 aromatic carbocycles. The molecule has 0 bridgehead atoms. The van der Waals surface area contributed by atoms with Gasteiger partial charge in [-0.25, -0.2) is 8.42 Å². The quantitative estimate of drug-likeness (QED) is 0.806. The zero-order chi connectivity index (χ0) is 11.1. The van der Waals surface area contributed by atoms with E-state index in [1.807, 2.05) is 0 Å². The van der Waals surface area contributed by atoms with Crippen molar-refractivity contribution >= 4 is 27.0 Å². The van der Waals surface area contributed by atoms with Gasteiger partial charge in [-0.2, -0.15) is 0 Å². The van der Waals surface area contributed by atoms with E-state index in [1.165, 1.54) is 0 Å². The van der Waals surface area contributed by atoms with Gasteiger partial charge in [-0.15, -0.1) is 0 Å². The Morgan fingerprint density at radius 2 is 1.93 bits per heavy atom. The number of benzene rings is 1. The molecule has 0 spiro atoms. The smallest absolute Gasteiger partial charge is 0.181 e. The Kier molecular flexibility index (Phi) is 2.52. The topological polar surface area (TPSA) is 60.2 Å². The van der Waals surface area contributed by atoms with Gasteiger partial charge in [0.15, 0.2) is 9.84 Å². The van der Waals surface area contributed by atoms with E-state index >= 15 is 0 Å². The van der Waals surface area contributed by atoms with Crippen LogP contribution < -0.4 is 5.73 Å². The molecule has 1 saturated carbocycles. The number of hydrogen-bond donors (Lipinski definition) is 1. The molecule has 0 heterocycles. The molecule has 0 radical (unpaired) electrons. The minimum absolute atomic E-state index is 0.134. The molecule has 0 unspecified atom stereocenters. The molecule has 5 heteroatoms. The van der Waals surface area contributed by atoms with Crippen LogP contribution in [-0.4, -0.2) is 18.7 Å². The van der Waals surface area contributed by atoms with Crippen molar-refractivity contribution in [2.45, 2.75) is 16.6 Å². The zero-order valence-corrected chi connectivity index (χ0v) is 9.59. The van der Waals surface area contributed by atoms with E-state index in [4.69, 9.17) is 18.0 Å². The first-order chi connectivity index (χ1) is 7.03. The lowest BCUT2D eigenvalue weighted by atomic mass is 10.4. The summed E-state index contributed by atoms with van der Waals surface area (Å²) in [6.45, 7) is 0. The summed E-state index contributed by atoms with van der Waals surface area (Å²) in [4.78, 5) is 0.660. The second kappa shape index (κ2) is 3.57. The Balaban J connectivity index is 2.28. The van der Waals surface area contributed by atoms with Crippen LogP contribution in [0, 0.1) is 5.92 Å². The molecule has 1 aliphatic rings. The van der Waals surface area contributed by atoms with Crippen LogP contribution in [0.3, 0.4) is 0 Å². The van der Waals surface area contributed by atoms with Crippen LogP contribution in [0.4, 0.5) is 0 Å². The molecule has 3 nitrogen and oxygen atoms in total. The summed E-state index contributed by atoms with van der Waals surface area (Å²) in [6.07, 6.45) is 0.562. The van der Waals surface area contributed by atoms with Crippen LogP contribution in [0.2, 0.25) is 0 Å². The summed E-state index contributed by atoms with van der Waals surface area (Å²) >= 11 is 4.79. The monoisotopic (exact) mass is 241 g/mol. The molecule has 1 aliphatic carbocycles. The predicted octanol–water partition coefficient (Wildman–Crippen LogP) is 1.13. The Morgan fingerprint density at radius 3 is 2.40 bits per heavy atom. The average molecular weight is 241 g/mol. The standard InChI is InChI=1S/C10H11NO2S2/c11-10(14)8-6-9(8)15(12,13)7-4-2-1-3-5-7/h1-5,8-9H,6H2,(H2,11,14)/t8-,9+/m0/s1. The largest absolute Gasteiger partial charge is 0.393 e. The summed E-state index contributed by atoms with van der Waals surface area (Å²) in [7, 11) is -3.23. The molecule has 2 N–H and O–H groups in total. The molecule has 0 aliphatic heterocycles. The van der Waals surface area contributed by atoms with Gasteiger partial charge in [0.1, 0.15) is 0 Å². The second-order valence-corrected chi connectivity index (χ2v) is 6.28. The van der Waals surface area contributed by atoms with E-state index in [0.29, 0.717) is 16.3 Å². The number of nitrogens with two attached hydrogens (primary N) is 1. The lowest BCUT2D eigenvalue weighted by Crippen LogP contribution is -2.17. The van der Waals surface area contributed by atoms with Crippen molar-refractivity contribution < 1.29 is 8.42 Å². The van der Waals surface area contributed by atoms with Gasteiger partial charge in [-0.1, -0.05) is 30.4 Å². The number of thiocarbonyl (C=S) groups is 1. The van der Waals surface area contributed by atoms with Gasteiger partial charge in [-0.05, 0) is 18.6 Å². The van der Waals surface area contributed by atoms with Crippen molar-refractivity contribution in [2.75, 3.05) is 0 Å². The second-order valence-electron chi connectivity index (χ2n) is 3.64. The first-order valence-corrected chi connectivity index (χ1v) is 6.57. The highest BCUT2D eigenvalue weighted by molar-refractivity contribution is 7.92. The molecular formula is C10H11NO2S2. The summed E-state index contributed by atoms with van der Waals surface area (Å²) in [5.74, 6) is -0.134. The Bertz CT molecular complexity index is 481. The maximum Gasteiger partial charge on any atom is 0.181 e. The third-order valence-electron chi connectivity index (χ3n) is 2.57. The van der Waals surface area contributed by atoms with Crippen LogP contribution in [0.5, 0.6) is 0 Å². The first-order valence-electron chi connectivity index (χ1n) is 4.62. The van der Waals surface area contributed by atoms with Gasteiger partial charge >= 0.3 is 0 Å². The fraction of sp³-hybridized carbons (Fsp3) is 0.300. The van der Waals surface area contributed by atoms with Crippen molar-refractivity contribution in [3.05, 3.63) is 30.3 Å². The first kappa shape index (κ1) is 10.6. The molecule has 0 amide bonds. The lowest BCUT2D eigenvalue weighted by Gasteiger charge is -2.02. The number of rotatable bonds is 3. The molecule has 2 atom stereocenters. The van der Waals surface area contributed by atoms with E-state index in [0.717, 1.165) is 0 Å². The molecule has 0 saturated heterocycles. The van der Waals surface area contributed by atoms with Crippen LogP contribution in [0.25, 0.3) is 0 Å². The highest BCUT2D eigenvalue weighted by Crippen LogP contribution is 2.40. The van der Waals surface area contributed by atoms with E-state index < -0.39 is 15.1 Å². The van der Waals surface area contributed by atoms with Gasteiger partial charge in [-0.3, -0.25) is 0 Å². The molecule has 2 rings (SSSR count). The Labute approximate surface area is 94.2 Å². The molecular weight excluding hydrogens is 230 g/mol. The minimum atomic E-state index is -3.23. The predicted molar refractivity (Wildman–Crippen MR) is 62.3 cm³/mol. The zero-order valence-electron chi connectivity index (χ0n) is 7.96. The van der Waals surface area contributed by atoms with Crippen LogP contribution in [0.15, 0.2) is 35.2 Å². The van der Waals surface area contributed by atoms with Crippen LogP contribution in [-0.2, 0) is 9.84 Å². The Morgan fingerprint density at radius 1 is 1.33 bits per heavy atom. The number of hydrogen-bond acceptors (Lipinski definition) is 3. The van der Waals surface area contributed by atoms with Crippen LogP contribution >= 0.6 is 12.2 Å². The van der Waals surface area contributed by atoms with Crippen molar-refractivity contribution in [1.82, 2.24) is 0 Å². The van der Waals surface area contributed by atoms with Gasteiger partial charge in [0.05, 0.1) is 15.1 Å². The minimum Gasteiger partial charge on any atom is -0.393 e. The summed E-state index contributed by atoms with van der Waals surface area (Å²) < 4.78 is 24.0. The molecule has 80 valence electrons. The summed E-state index contributed by atoms with van der Waals surface area (Å²) in [6, 6.07) is 8.42. The van der Waals surface area contributed by atoms with Crippen molar-refractivity contribution in [1.29, 1.82) is 0 Å². The van der Waals surface area contributed by atoms with E-state index in [9.17, 15) is 8.42 Å². The molecule has 0 aromatic heterocycles. The lowest BCUT2D eigenvalue weighted by molar-refractivity contribution is 0.594. The van der Waals surface area contributed by atoms with E-state index in [2.05, 4.69) is 0 Å². The normalized spacial score (nSPS) is 24.8. The van der Waals surface area contributed by atoms with Gasteiger partial charge in [0.2, 0.25) is 0 Å². The van der Waals surface area contributed by atoms with Crippen molar-refractivity contribution in [3.8, 4) is 0 Å². The molecule has 15 heavy (non-hydrogen) atoms. The fourth-order valence-corrected chi connectivity index (χ4v) is 3.87. The van der Waals surface area contributed by atoms with Crippen molar-refractivity contribution in [3.63, 3.8) is 0 Å². The fourth-order valence-electron chi connectivity index (χ4n) is 1.60. The van der Waals surface area contributed by atoms with Gasteiger partial charge in [0.25, 0.3) is 0 Å². The average Bonchev–Trinajstić information content (AvgIpc) is 2.99. The highest BCUT2D eigenvalue weighted by atomic mass is 32.2. The van der Waals surface area contributed by atoms with Gasteiger partial charge in [0, 0.05) is 5.92 Å². The molecule has 1 fully saturated rings. The summed E-state index contributed by atoms with van der Waals surface area (Å²) in [5.41, 5.74) is 5.43. The van der Waals surface area contributed by atoms with E-state index in [-0.39, 0.29) is 5.92 Å². The maximum atomic E-state index is 12.0. The third kappa shape index (κ3) is 1.89.